The summed E-state index contributed by atoms with van der Waals surface area (Å²) in [4.78, 5) is 41.7. The van der Waals surface area contributed by atoms with Crippen LogP contribution in [0.1, 0.15) is 18.4 Å². The highest BCUT2D eigenvalue weighted by Crippen LogP contribution is 2.33. The van der Waals surface area contributed by atoms with Gasteiger partial charge in [-0.15, -0.1) is 0 Å². The van der Waals surface area contributed by atoms with Gasteiger partial charge in [-0.1, -0.05) is 6.07 Å². The third kappa shape index (κ3) is 4.10. The van der Waals surface area contributed by atoms with Crippen molar-refractivity contribution >= 4 is 17.8 Å². The van der Waals surface area contributed by atoms with E-state index in [-0.39, 0.29) is 31.8 Å². The minimum absolute atomic E-state index is 0.106. The third-order valence-corrected chi connectivity index (χ3v) is 5.48. The Kier molecular flexibility index (Phi) is 5.61. The van der Waals surface area contributed by atoms with Gasteiger partial charge >= 0.3 is 6.03 Å². The quantitative estimate of drug-likeness (QED) is 0.717. The molecule has 10 nitrogen and oxygen atoms in total. The van der Waals surface area contributed by atoms with Gasteiger partial charge in [-0.05, 0) is 30.5 Å². The molecule has 0 radical (unpaired) electrons. The number of fused-ring (bicyclic) bond motifs is 1. The van der Waals surface area contributed by atoms with E-state index >= 15 is 0 Å². The van der Waals surface area contributed by atoms with Gasteiger partial charge in [-0.25, -0.2) is 4.79 Å². The lowest BCUT2D eigenvalue weighted by atomic mass is 10.2. The number of carbonyl (C=O) groups excluding carboxylic acids is 3. The Morgan fingerprint density at radius 2 is 1.97 bits per heavy atom. The lowest BCUT2D eigenvalue weighted by molar-refractivity contribution is -0.132. The molecule has 3 aliphatic rings. The molecule has 0 aliphatic carbocycles. The second-order valence-electron chi connectivity index (χ2n) is 7.46. The number of hydrogen-bond acceptors (Lipinski definition) is 6. The van der Waals surface area contributed by atoms with Crippen molar-refractivity contribution in [1.29, 1.82) is 5.26 Å². The average Bonchev–Trinajstić information content (AvgIpc) is 3.48. The van der Waals surface area contributed by atoms with Crippen molar-refractivity contribution in [2.75, 3.05) is 39.5 Å². The molecule has 1 aromatic rings. The van der Waals surface area contributed by atoms with Crippen LogP contribution in [0.2, 0.25) is 0 Å². The molecule has 158 valence electrons. The van der Waals surface area contributed by atoms with Gasteiger partial charge in [-0.3, -0.25) is 9.59 Å². The van der Waals surface area contributed by atoms with Crippen molar-refractivity contribution in [2.45, 2.75) is 25.4 Å². The summed E-state index contributed by atoms with van der Waals surface area (Å²) in [5.74, 6) is 0.685. The van der Waals surface area contributed by atoms with Crippen LogP contribution in [0.15, 0.2) is 18.2 Å². The number of likely N-dealkylation sites (tertiary alicyclic amines) is 1. The number of rotatable bonds is 6. The molecule has 2 saturated heterocycles. The maximum Gasteiger partial charge on any atom is 0.320 e. The SMILES string of the molecule is N#C[C@@H]1CCCN1C(=O)CNC(=O)CN1CCN(Cc2ccc3c(c2)OCO3)C1=O. The monoisotopic (exact) mass is 413 g/mol. The lowest BCUT2D eigenvalue weighted by Gasteiger charge is -2.21. The first-order valence-electron chi connectivity index (χ1n) is 9.93. The molecule has 0 spiro atoms. The van der Waals surface area contributed by atoms with E-state index in [1.54, 1.807) is 4.90 Å². The van der Waals surface area contributed by atoms with Crippen LogP contribution in [-0.4, -0.2) is 78.1 Å². The standard InChI is InChI=1S/C20H23N5O5/c21-9-15-2-1-5-25(15)19(27)10-22-18(26)12-24-7-6-23(20(24)28)11-14-3-4-16-17(8-14)30-13-29-16/h3-4,8,15H,1-2,5-7,10-13H2,(H,22,26)/t15-/m0/s1. The molecule has 1 aromatic carbocycles. The largest absolute Gasteiger partial charge is 0.454 e. The lowest BCUT2D eigenvalue weighted by Crippen LogP contribution is -2.45. The Morgan fingerprint density at radius 1 is 1.17 bits per heavy atom. The molecular weight excluding hydrogens is 390 g/mol. The number of ether oxygens (including phenoxy) is 2. The topological polar surface area (TPSA) is 115 Å². The maximum absolute atomic E-state index is 12.6. The first kappa shape index (κ1) is 19.8. The molecule has 0 unspecified atom stereocenters. The predicted molar refractivity (Wildman–Crippen MR) is 103 cm³/mol. The van der Waals surface area contributed by atoms with Gasteiger partial charge in [0.05, 0.1) is 12.6 Å². The first-order valence-corrected chi connectivity index (χ1v) is 9.93. The number of carbonyl (C=O) groups is 3. The molecule has 1 atom stereocenters. The summed E-state index contributed by atoms with van der Waals surface area (Å²) in [6, 6.07) is 7.01. The van der Waals surface area contributed by atoms with Crippen LogP contribution in [0.3, 0.4) is 0 Å². The summed E-state index contributed by atoms with van der Waals surface area (Å²) in [6.45, 7) is 1.82. The van der Waals surface area contributed by atoms with E-state index < -0.39 is 11.9 Å². The number of benzene rings is 1. The molecule has 4 rings (SSSR count). The highest BCUT2D eigenvalue weighted by molar-refractivity contribution is 5.88. The Morgan fingerprint density at radius 3 is 2.80 bits per heavy atom. The second-order valence-corrected chi connectivity index (χ2v) is 7.46. The zero-order valence-electron chi connectivity index (χ0n) is 16.5. The molecule has 10 heteroatoms. The second kappa shape index (κ2) is 8.49. The van der Waals surface area contributed by atoms with Crippen molar-refractivity contribution in [1.82, 2.24) is 20.0 Å². The fourth-order valence-electron chi connectivity index (χ4n) is 3.89. The molecule has 4 amide bonds. The van der Waals surface area contributed by atoms with Gasteiger partial charge in [-0.2, -0.15) is 5.26 Å². The molecule has 0 bridgehead atoms. The van der Waals surface area contributed by atoms with E-state index in [1.165, 1.54) is 9.80 Å². The minimum Gasteiger partial charge on any atom is -0.454 e. The van der Waals surface area contributed by atoms with Crippen LogP contribution in [0.5, 0.6) is 11.5 Å². The zero-order chi connectivity index (χ0) is 21.1. The zero-order valence-corrected chi connectivity index (χ0v) is 16.5. The molecular formula is C20H23N5O5. The molecule has 0 saturated carbocycles. The van der Waals surface area contributed by atoms with Gasteiger partial charge in [0.25, 0.3) is 0 Å². The van der Waals surface area contributed by atoms with Gasteiger partial charge in [0.1, 0.15) is 12.6 Å². The number of amides is 4. The summed E-state index contributed by atoms with van der Waals surface area (Å²) in [5, 5.41) is 11.6. The number of nitrogens with zero attached hydrogens (tertiary/aromatic N) is 4. The minimum atomic E-state index is -0.417. The smallest absolute Gasteiger partial charge is 0.320 e. The summed E-state index contributed by atoms with van der Waals surface area (Å²) >= 11 is 0. The number of hydrogen-bond donors (Lipinski definition) is 1. The van der Waals surface area contributed by atoms with Gasteiger partial charge in [0.2, 0.25) is 18.6 Å². The maximum atomic E-state index is 12.6. The van der Waals surface area contributed by atoms with Crippen molar-refractivity contribution < 1.29 is 23.9 Å². The molecule has 3 aliphatic heterocycles. The van der Waals surface area contributed by atoms with Gasteiger partial charge in [0, 0.05) is 26.2 Å². The normalized spacial score (nSPS) is 19.9. The van der Waals surface area contributed by atoms with E-state index in [4.69, 9.17) is 14.7 Å². The van der Waals surface area contributed by atoms with Gasteiger partial charge in [0.15, 0.2) is 11.5 Å². The summed E-state index contributed by atoms with van der Waals surface area (Å²) in [5.41, 5.74) is 0.919. The third-order valence-electron chi connectivity index (χ3n) is 5.48. The van der Waals surface area contributed by atoms with E-state index in [2.05, 4.69) is 11.4 Å². The van der Waals surface area contributed by atoms with E-state index in [1.807, 2.05) is 18.2 Å². The summed E-state index contributed by atoms with van der Waals surface area (Å²) in [7, 11) is 0. The molecule has 1 N–H and O–H groups in total. The van der Waals surface area contributed by atoms with Crippen molar-refractivity contribution in [3.8, 4) is 17.6 Å². The van der Waals surface area contributed by atoms with Crippen LogP contribution in [0.25, 0.3) is 0 Å². The molecule has 0 aromatic heterocycles. The highest BCUT2D eigenvalue weighted by atomic mass is 16.7. The molecule has 3 heterocycles. The van der Waals surface area contributed by atoms with E-state index in [0.717, 1.165) is 12.0 Å². The van der Waals surface area contributed by atoms with Crippen LogP contribution < -0.4 is 14.8 Å². The Balaban J connectivity index is 1.24. The van der Waals surface area contributed by atoms with Crippen LogP contribution in [0, 0.1) is 11.3 Å². The van der Waals surface area contributed by atoms with Crippen LogP contribution in [-0.2, 0) is 16.1 Å². The van der Waals surface area contributed by atoms with Gasteiger partial charge < -0.3 is 29.5 Å². The average molecular weight is 413 g/mol. The van der Waals surface area contributed by atoms with Crippen LogP contribution >= 0.6 is 0 Å². The Labute approximate surface area is 173 Å². The number of nitrogens with one attached hydrogen (secondary N) is 1. The summed E-state index contributed by atoms with van der Waals surface area (Å²) < 4.78 is 10.7. The van der Waals surface area contributed by atoms with Crippen molar-refractivity contribution in [3.05, 3.63) is 23.8 Å². The predicted octanol–water partition coefficient (Wildman–Crippen LogP) is 0.284. The molecule has 2 fully saturated rings. The Hall–Kier alpha value is -3.48. The first-order chi connectivity index (χ1) is 14.5. The van der Waals surface area contributed by atoms with Crippen molar-refractivity contribution in [2.24, 2.45) is 0 Å². The van der Waals surface area contributed by atoms with Crippen molar-refractivity contribution in [3.63, 3.8) is 0 Å². The number of urea groups is 1. The molecule has 30 heavy (non-hydrogen) atoms. The summed E-state index contributed by atoms with van der Waals surface area (Å²) in [6.07, 6.45) is 1.46. The van der Waals surface area contributed by atoms with E-state index in [9.17, 15) is 14.4 Å². The van der Waals surface area contributed by atoms with E-state index in [0.29, 0.717) is 44.1 Å². The number of nitriles is 1. The van der Waals surface area contributed by atoms with Crippen LogP contribution in [0.4, 0.5) is 4.79 Å². The fraction of sp³-hybridized carbons (Fsp3) is 0.500. The Bertz CT molecular complexity index is 898. The fourth-order valence-corrected chi connectivity index (χ4v) is 3.89. The highest BCUT2D eigenvalue weighted by Gasteiger charge is 2.31.